The Morgan fingerprint density at radius 1 is 1.23 bits per heavy atom. The minimum Gasteiger partial charge on any atom is -0.494 e. The SMILES string of the molecule is C=Nc1ccc(Nc2nc(Nc3cc4c(cc3OC)NCCc3c-4cnn3C)ncc2Br)c(NS(C)(=O)=O)c1/N=C(\C)CC(C)C=O. The number of anilines is 6. The van der Waals surface area contributed by atoms with Gasteiger partial charge in [0.05, 0.1) is 46.8 Å². The smallest absolute Gasteiger partial charge is 0.229 e. The lowest BCUT2D eigenvalue weighted by Gasteiger charge is -2.18. The fraction of sp³-hybridized carbons (Fsp3) is 0.290. The van der Waals surface area contributed by atoms with Crippen molar-refractivity contribution in [3.05, 3.63) is 46.8 Å². The van der Waals surface area contributed by atoms with E-state index < -0.39 is 10.0 Å². The van der Waals surface area contributed by atoms with Crippen LogP contribution in [-0.4, -0.2) is 66.8 Å². The number of nitrogens with zero attached hydrogens (tertiary/aromatic N) is 6. The second-order valence-corrected chi connectivity index (χ2v) is 13.7. The third-order valence-corrected chi connectivity index (χ3v) is 8.53. The molecule has 0 radical (unpaired) electrons. The molecule has 0 saturated carbocycles. The highest BCUT2D eigenvalue weighted by atomic mass is 79.9. The zero-order valence-electron chi connectivity index (χ0n) is 26.5. The van der Waals surface area contributed by atoms with Crippen LogP contribution < -0.4 is 25.4 Å². The minimum absolute atomic E-state index is 0.141. The number of aryl methyl sites for hydroxylation is 1. The monoisotopic (exact) mass is 722 g/mol. The quantitative estimate of drug-likeness (QED) is 0.0983. The molecule has 5 rings (SSSR count). The number of carbonyl (C=O) groups excluding carboxylic acids is 1. The first-order valence-electron chi connectivity index (χ1n) is 14.6. The number of carbonyl (C=O) groups is 1. The van der Waals surface area contributed by atoms with E-state index in [9.17, 15) is 13.2 Å². The van der Waals surface area contributed by atoms with Gasteiger partial charge in [0, 0.05) is 66.4 Å². The van der Waals surface area contributed by atoms with Gasteiger partial charge in [0.2, 0.25) is 16.0 Å². The summed E-state index contributed by atoms with van der Waals surface area (Å²) in [5.41, 5.74) is 6.36. The summed E-state index contributed by atoms with van der Waals surface area (Å²) in [6.07, 6.45) is 6.51. The molecule has 47 heavy (non-hydrogen) atoms. The highest BCUT2D eigenvalue weighted by Gasteiger charge is 2.22. The summed E-state index contributed by atoms with van der Waals surface area (Å²) in [6, 6.07) is 7.21. The van der Waals surface area contributed by atoms with Gasteiger partial charge >= 0.3 is 0 Å². The first-order valence-corrected chi connectivity index (χ1v) is 17.2. The highest BCUT2D eigenvalue weighted by molar-refractivity contribution is 9.10. The summed E-state index contributed by atoms with van der Waals surface area (Å²) in [5, 5.41) is 14.4. The number of benzene rings is 2. The van der Waals surface area contributed by atoms with Gasteiger partial charge in [0.1, 0.15) is 23.5 Å². The molecular weight excluding hydrogens is 688 g/mol. The van der Waals surface area contributed by atoms with E-state index in [1.807, 2.05) is 30.1 Å². The topological polar surface area (TPSA) is 177 Å². The number of hydrogen-bond donors (Lipinski definition) is 4. The van der Waals surface area contributed by atoms with Crippen LogP contribution >= 0.6 is 15.9 Å². The largest absolute Gasteiger partial charge is 0.494 e. The van der Waals surface area contributed by atoms with E-state index in [1.54, 1.807) is 39.3 Å². The van der Waals surface area contributed by atoms with Crippen LogP contribution in [0.4, 0.5) is 45.9 Å². The number of nitrogens with one attached hydrogen (secondary N) is 4. The molecular formula is C31H35BrN10O4S. The predicted octanol–water partition coefficient (Wildman–Crippen LogP) is 6.12. The number of hydrogen-bond acceptors (Lipinski definition) is 12. The van der Waals surface area contributed by atoms with Gasteiger partial charge in [-0.2, -0.15) is 10.1 Å². The van der Waals surface area contributed by atoms with Gasteiger partial charge in [-0.15, -0.1) is 0 Å². The van der Waals surface area contributed by atoms with Gasteiger partial charge in [-0.25, -0.2) is 13.4 Å². The van der Waals surface area contributed by atoms with Crippen LogP contribution in [0.15, 0.2) is 51.1 Å². The Labute approximate surface area is 281 Å². The molecule has 0 spiro atoms. The molecule has 0 bridgehead atoms. The number of methoxy groups -OCH3 is 1. The molecule has 2 aromatic carbocycles. The van der Waals surface area contributed by atoms with Crippen LogP contribution in [-0.2, 0) is 28.3 Å². The Morgan fingerprint density at radius 3 is 2.72 bits per heavy atom. The average molecular weight is 724 g/mol. The fourth-order valence-corrected chi connectivity index (χ4v) is 6.11. The molecule has 14 nitrogen and oxygen atoms in total. The summed E-state index contributed by atoms with van der Waals surface area (Å²) in [4.78, 5) is 29.1. The number of aldehydes is 1. The second-order valence-electron chi connectivity index (χ2n) is 11.1. The van der Waals surface area contributed by atoms with E-state index in [0.717, 1.165) is 48.0 Å². The van der Waals surface area contributed by atoms with Crippen LogP contribution in [0.2, 0.25) is 0 Å². The maximum Gasteiger partial charge on any atom is 0.229 e. The normalized spacial score (nSPS) is 13.4. The van der Waals surface area contributed by atoms with Gasteiger partial charge in [0.25, 0.3) is 0 Å². The zero-order valence-corrected chi connectivity index (χ0v) is 29.0. The molecule has 0 fully saturated rings. The van der Waals surface area contributed by atoms with Crippen LogP contribution in [0.25, 0.3) is 11.1 Å². The fourth-order valence-electron chi connectivity index (χ4n) is 5.24. The minimum atomic E-state index is -3.76. The summed E-state index contributed by atoms with van der Waals surface area (Å²) in [7, 11) is -0.237. The zero-order chi connectivity index (χ0) is 33.9. The van der Waals surface area contributed by atoms with E-state index in [2.05, 4.69) is 68.4 Å². The molecule has 3 heterocycles. The third-order valence-electron chi connectivity index (χ3n) is 7.38. The Hall–Kier alpha value is -4.83. The number of aliphatic imine (C=N–C) groups is 2. The molecule has 2 aromatic heterocycles. The molecule has 246 valence electrons. The van der Waals surface area contributed by atoms with Crippen molar-refractivity contribution < 1.29 is 17.9 Å². The van der Waals surface area contributed by atoms with E-state index in [0.29, 0.717) is 45.2 Å². The van der Waals surface area contributed by atoms with E-state index in [-0.39, 0.29) is 23.2 Å². The molecule has 1 aliphatic rings. The molecule has 0 aliphatic carbocycles. The van der Waals surface area contributed by atoms with Gasteiger partial charge in [-0.1, -0.05) is 6.92 Å². The third kappa shape index (κ3) is 7.60. The molecule has 1 aliphatic heterocycles. The maximum absolute atomic E-state index is 12.5. The molecule has 16 heteroatoms. The maximum atomic E-state index is 12.5. The lowest BCUT2D eigenvalue weighted by molar-refractivity contribution is -0.110. The summed E-state index contributed by atoms with van der Waals surface area (Å²) < 4.78 is 35.7. The van der Waals surface area contributed by atoms with Gasteiger partial charge < -0.3 is 25.5 Å². The lowest BCUT2D eigenvalue weighted by Crippen LogP contribution is -2.12. The number of fused-ring (bicyclic) bond motifs is 3. The number of halogens is 1. The molecule has 0 amide bonds. The highest BCUT2D eigenvalue weighted by Crippen LogP contribution is 2.44. The van der Waals surface area contributed by atoms with Crippen LogP contribution in [0.1, 0.15) is 26.0 Å². The Morgan fingerprint density at radius 2 is 2.02 bits per heavy atom. The van der Waals surface area contributed by atoms with Gasteiger partial charge in [0.15, 0.2) is 0 Å². The lowest BCUT2D eigenvalue weighted by atomic mass is 10.0. The van der Waals surface area contributed by atoms with Crippen LogP contribution in [0, 0.1) is 5.92 Å². The summed E-state index contributed by atoms with van der Waals surface area (Å²) in [6.45, 7) is 7.92. The Bertz CT molecular complexity index is 1990. The van der Waals surface area contributed by atoms with Crippen molar-refractivity contribution in [1.82, 2.24) is 19.7 Å². The second kappa shape index (κ2) is 13.9. The average Bonchev–Trinajstić information content (AvgIpc) is 3.29. The number of aromatic nitrogens is 4. The van der Waals surface area contributed by atoms with Crippen molar-refractivity contribution in [1.29, 1.82) is 0 Å². The van der Waals surface area contributed by atoms with E-state index in [4.69, 9.17) is 4.74 Å². The first-order chi connectivity index (χ1) is 22.4. The first kappa shape index (κ1) is 33.5. The molecule has 1 unspecified atom stereocenters. The molecule has 0 saturated heterocycles. The van der Waals surface area contributed by atoms with Crippen molar-refractivity contribution in [2.45, 2.75) is 26.7 Å². The van der Waals surface area contributed by atoms with Crippen molar-refractivity contribution in [2.75, 3.05) is 40.6 Å². The van der Waals surface area contributed by atoms with Crippen molar-refractivity contribution >= 4 is 90.6 Å². The molecule has 4 aromatic rings. The molecule has 4 N–H and O–H groups in total. The predicted molar refractivity (Wildman–Crippen MR) is 190 cm³/mol. The molecule has 1 atom stereocenters. The van der Waals surface area contributed by atoms with Gasteiger partial charge in [-0.05, 0) is 54.2 Å². The van der Waals surface area contributed by atoms with E-state index >= 15 is 0 Å². The number of rotatable bonds is 12. The Balaban J connectivity index is 1.54. The number of ether oxygens (including phenoxy) is 1. The Kier molecular flexibility index (Phi) is 9.91. The number of sulfonamides is 1. The standard InChI is InChI=1S/C31H35BrN10O4S/c1-17(16-43)11-18(2)37-28-22(33-3)7-8-23(29(28)41-47(6,44)45)38-30-21(32)15-35-31(40-30)39-25-12-19-20-14-36-42(4)26(20)9-10-34-24(19)13-27(25)46-5/h7-8,12-17,34,41H,3,9-11H2,1-2,4-6H3,(H2,35,38,39,40)/b37-18+. The van der Waals surface area contributed by atoms with Crippen LogP contribution in [0.3, 0.4) is 0 Å². The van der Waals surface area contributed by atoms with Crippen molar-refractivity contribution in [3.8, 4) is 16.9 Å². The summed E-state index contributed by atoms with van der Waals surface area (Å²) in [5.74, 6) is 0.902. The van der Waals surface area contributed by atoms with E-state index in [1.165, 1.54) is 0 Å². The van der Waals surface area contributed by atoms with Crippen molar-refractivity contribution in [2.24, 2.45) is 23.0 Å². The van der Waals surface area contributed by atoms with Crippen LogP contribution in [0.5, 0.6) is 5.75 Å². The van der Waals surface area contributed by atoms with Crippen molar-refractivity contribution in [3.63, 3.8) is 0 Å². The summed E-state index contributed by atoms with van der Waals surface area (Å²) >= 11 is 3.50. The van der Waals surface area contributed by atoms with Gasteiger partial charge in [-0.3, -0.25) is 19.4 Å².